The summed E-state index contributed by atoms with van der Waals surface area (Å²) in [4.78, 5) is 49.3. The van der Waals surface area contributed by atoms with E-state index in [0.717, 1.165) is 18.3 Å². The van der Waals surface area contributed by atoms with Gasteiger partial charge in [-0.05, 0) is 6.42 Å². The van der Waals surface area contributed by atoms with Gasteiger partial charge >= 0.3 is 11.4 Å². The highest BCUT2D eigenvalue weighted by Gasteiger charge is 2.28. The van der Waals surface area contributed by atoms with Gasteiger partial charge in [-0.1, -0.05) is 6.92 Å². The van der Waals surface area contributed by atoms with Crippen molar-refractivity contribution < 1.29 is 0 Å². The van der Waals surface area contributed by atoms with Crippen molar-refractivity contribution >= 4 is 11.6 Å². The van der Waals surface area contributed by atoms with Crippen LogP contribution in [-0.4, -0.2) is 18.3 Å². The van der Waals surface area contributed by atoms with Gasteiger partial charge in [-0.15, -0.1) is 0 Å². The molecule has 2 aromatic heterocycles. The average Bonchev–Trinajstić information content (AvgIpc) is 2.60. The highest BCUT2D eigenvalue weighted by molar-refractivity contribution is 5.51. The summed E-state index contributed by atoms with van der Waals surface area (Å²) >= 11 is 0. The lowest BCUT2D eigenvalue weighted by Crippen LogP contribution is -2.44. The van der Waals surface area contributed by atoms with Gasteiger partial charge in [-0.25, -0.2) is 9.59 Å². The number of anilines is 2. The standard InChI is InChI=1S/C15H22N6O4/c1-6-7(8-10(16)18(2)14(24)20(4)12(8)22)9-11(17)19(3)15(25)21(5)13(9)23/h7H,6,16-17H2,1-5H3. The molecular weight excluding hydrogens is 328 g/mol. The van der Waals surface area contributed by atoms with Crippen molar-refractivity contribution in [1.29, 1.82) is 0 Å². The van der Waals surface area contributed by atoms with Crippen molar-refractivity contribution in [2.24, 2.45) is 28.2 Å². The molecule has 0 saturated heterocycles. The number of nitrogen functional groups attached to an aromatic ring is 2. The molecule has 0 fully saturated rings. The molecule has 0 atom stereocenters. The number of hydrogen-bond acceptors (Lipinski definition) is 6. The molecule has 2 aromatic rings. The first-order valence-corrected chi connectivity index (χ1v) is 7.66. The zero-order valence-electron chi connectivity index (χ0n) is 14.9. The Morgan fingerprint density at radius 1 is 0.720 bits per heavy atom. The molecule has 0 unspecified atom stereocenters. The van der Waals surface area contributed by atoms with Crippen molar-refractivity contribution in [2.75, 3.05) is 11.5 Å². The highest BCUT2D eigenvalue weighted by atomic mass is 16.2. The molecule has 0 saturated carbocycles. The van der Waals surface area contributed by atoms with Crippen LogP contribution in [0.5, 0.6) is 0 Å². The molecule has 0 bridgehead atoms. The summed E-state index contributed by atoms with van der Waals surface area (Å²) in [7, 11) is 5.55. The van der Waals surface area contributed by atoms with E-state index in [2.05, 4.69) is 0 Å². The molecule has 25 heavy (non-hydrogen) atoms. The summed E-state index contributed by atoms with van der Waals surface area (Å²) in [6, 6.07) is 0. The molecule has 0 aliphatic heterocycles. The molecule has 10 nitrogen and oxygen atoms in total. The second-order valence-electron chi connectivity index (χ2n) is 5.97. The zero-order chi connectivity index (χ0) is 19.2. The van der Waals surface area contributed by atoms with E-state index in [-0.39, 0.29) is 22.8 Å². The molecule has 4 N–H and O–H groups in total. The van der Waals surface area contributed by atoms with Crippen molar-refractivity contribution in [2.45, 2.75) is 19.3 Å². The van der Waals surface area contributed by atoms with Crippen LogP contribution in [-0.2, 0) is 28.2 Å². The lowest BCUT2D eigenvalue weighted by molar-refractivity contribution is 0.626. The number of rotatable bonds is 3. The quantitative estimate of drug-likeness (QED) is 0.668. The Kier molecular flexibility index (Phi) is 4.47. The van der Waals surface area contributed by atoms with Gasteiger partial charge in [-0.2, -0.15) is 0 Å². The monoisotopic (exact) mass is 350 g/mol. The first kappa shape index (κ1) is 18.3. The Morgan fingerprint density at radius 3 is 1.32 bits per heavy atom. The first-order chi connectivity index (χ1) is 11.6. The van der Waals surface area contributed by atoms with Crippen LogP contribution in [0.25, 0.3) is 0 Å². The lowest BCUT2D eigenvalue weighted by Gasteiger charge is -2.21. The summed E-state index contributed by atoms with van der Waals surface area (Å²) < 4.78 is 4.14. The summed E-state index contributed by atoms with van der Waals surface area (Å²) in [5, 5.41) is 0. The molecule has 2 heterocycles. The fourth-order valence-electron chi connectivity index (χ4n) is 2.98. The maximum atomic E-state index is 12.6. The van der Waals surface area contributed by atoms with E-state index >= 15 is 0 Å². The molecule has 2 rings (SSSR count). The lowest BCUT2D eigenvalue weighted by atomic mass is 9.90. The van der Waals surface area contributed by atoms with Crippen LogP contribution >= 0.6 is 0 Å². The molecule has 136 valence electrons. The second-order valence-corrected chi connectivity index (χ2v) is 5.97. The zero-order valence-corrected chi connectivity index (χ0v) is 14.9. The third kappa shape index (κ3) is 2.49. The SMILES string of the molecule is CCC(c1c(N)n(C)c(=O)n(C)c1=O)c1c(N)n(C)c(=O)n(C)c1=O. The fourth-order valence-corrected chi connectivity index (χ4v) is 2.98. The van der Waals surface area contributed by atoms with E-state index in [1.54, 1.807) is 6.92 Å². The minimum atomic E-state index is -0.754. The third-order valence-corrected chi connectivity index (χ3v) is 4.60. The largest absolute Gasteiger partial charge is 0.385 e. The minimum absolute atomic E-state index is 0.0322. The number of nitrogens with zero attached hydrogens (tertiary/aromatic N) is 4. The van der Waals surface area contributed by atoms with E-state index in [1.807, 2.05) is 0 Å². The Morgan fingerprint density at radius 2 is 1.04 bits per heavy atom. The van der Waals surface area contributed by atoms with E-state index in [1.165, 1.54) is 28.2 Å². The second kappa shape index (κ2) is 6.11. The molecule has 0 spiro atoms. The van der Waals surface area contributed by atoms with Gasteiger partial charge in [0.2, 0.25) is 0 Å². The van der Waals surface area contributed by atoms with Crippen molar-refractivity contribution in [1.82, 2.24) is 18.3 Å². The summed E-state index contributed by atoms with van der Waals surface area (Å²) in [6.45, 7) is 1.76. The summed E-state index contributed by atoms with van der Waals surface area (Å²) in [5.74, 6) is -0.818. The van der Waals surface area contributed by atoms with Crippen molar-refractivity contribution in [3.63, 3.8) is 0 Å². The van der Waals surface area contributed by atoms with Crippen LogP contribution in [0.2, 0.25) is 0 Å². The van der Waals surface area contributed by atoms with Crippen LogP contribution in [0.3, 0.4) is 0 Å². The van der Waals surface area contributed by atoms with Gasteiger partial charge < -0.3 is 11.5 Å². The molecular formula is C15H22N6O4. The van der Waals surface area contributed by atoms with Crippen LogP contribution in [0.4, 0.5) is 11.6 Å². The van der Waals surface area contributed by atoms with Gasteiger partial charge in [0.05, 0.1) is 11.1 Å². The smallest absolute Gasteiger partial charge is 0.332 e. The normalized spacial score (nSPS) is 11.3. The van der Waals surface area contributed by atoms with E-state index in [0.29, 0.717) is 6.42 Å². The first-order valence-electron chi connectivity index (χ1n) is 7.66. The molecule has 0 aromatic carbocycles. The number of hydrogen-bond donors (Lipinski definition) is 2. The van der Waals surface area contributed by atoms with E-state index in [9.17, 15) is 19.2 Å². The summed E-state index contributed by atoms with van der Waals surface area (Å²) in [6.07, 6.45) is 0.329. The molecule has 0 aliphatic carbocycles. The Bertz CT molecular complexity index is 1000. The van der Waals surface area contributed by atoms with Crippen molar-refractivity contribution in [3.8, 4) is 0 Å². The van der Waals surface area contributed by atoms with Crippen LogP contribution in [0.15, 0.2) is 19.2 Å². The Labute approximate surface area is 142 Å². The maximum Gasteiger partial charge on any atom is 0.332 e. The third-order valence-electron chi connectivity index (χ3n) is 4.60. The Balaban J connectivity index is 3.00. The van der Waals surface area contributed by atoms with Crippen LogP contribution in [0, 0.1) is 0 Å². The van der Waals surface area contributed by atoms with Gasteiger partial charge in [0.1, 0.15) is 11.6 Å². The van der Waals surface area contributed by atoms with Gasteiger partial charge in [0, 0.05) is 34.1 Å². The predicted octanol–water partition coefficient (Wildman–Crippen LogP) is -1.81. The molecule has 10 heteroatoms. The average molecular weight is 350 g/mol. The minimum Gasteiger partial charge on any atom is -0.385 e. The van der Waals surface area contributed by atoms with Gasteiger partial charge in [0.15, 0.2) is 0 Å². The van der Waals surface area contributed by atoms with Crippen molar-refractivity contribution in [3.05, 3.63) is 52.8 Å². The predicted molar refractivity (Wildman–Crippen MR) is 94.8 cm³/mol. The van der Waals surface area contributed by atoms with Gasteiger partial charge in [-0.3, -0.25) is 27.9 Å². The fraction of sp³-hybridized carbons (Fsp3) is 0.467. The topological polar surface area (TPSA) is 140 Å². The van der Waals surface area contributed by atoms with Gasteiger partial charge in [0.25, 0.3) is 11.1 Å². The molecule has 0 amide bonds. The van der Waals surface area contributed by atoms with Crippen LogP contribution in [0.1, 0.15) is 30.4 Å². The highest BCUT2D eigenvalue weighted by Crippen LogP contribution is 2.29. The summed E-state index contributed by atoms with van der Waals surface area (Å²) in [5.41, 5.74) is 9.90. The van der Waals surface area contributed by atoms with E-state index < -0.39 is 28.4 Å². The number of nitrogens with two attached hydrogens (primary N) is 2. The maximum absolute atomic E-state index is 12.6. The Hall–Kier alpha value is -3.04. The van der Waals surface area contributed by atoms with Crippen LogP contribution < -0.4 is 34.0 Å². The van der Waals surface area contributed by atoms with E-state index in [4.69, 9.17) is 11.5 Å². The molecule has 0 aliphatic rings. The number of aromatic nitrogens is 4. The molecule has 0 radical (unpaired) electrons.